The summed E-state index contributed by atoms with van der Waals surface area (Å²) in [6, 6.07) is 0. The zero-order chi connectivity index (χ0) is 16.1. The quantitative estimate of drug-likeness (QED) is 0.816. The Balaban J connectivity index is 1.84. The molecule has 7 nitrogen and oxygen atoms in total. The Morgan fingerprint density at radius 2 is 2.32 bits per heavy atom. The monoisotopic (exact) mass is 327 g/mol. The van der Waals surface area contributed by atoms with E-state index in [0.717, 1.165) is 10.7 Å². The fourth-order valence-electron chi connectivity index (χ4n) is 2.25. The lowest BCUT2D eigenvalue weighted by molar-refractivity contribution is -0.149. The van der Waals surface area contributed by atoms with Gasteiger partial charge in [0.2, 0.25) is 5.91 Å². The van der Waals surface area contributed by atoms with E-state index in [2.05, 4.69) is 10.3 Å². The summed E-state index contributed by atoms with van der Waals surface area (Å²) in [5.41, 5.74) is 0.737. The fourth-order valence-corrected chi connectivity index (χ4v) is 3.09. The van der Waals surface area contributed by atoms with Crippen LogP contribution < -0.4 is 5.32 Å². The van der Waals surface area contributed by atoms with Gasteiger partial charge in [0.1, 0.15) is 11.5 Å². The predicted molar refractivity (Wildman–Crippen MR) is 82.1 cm³/mol. The molecule has 0 saturated carbocycles. The molecule has 2 rings (SSSR count). The van der Waals surface area contributed by atoms with Crippen molar-refractivity contribution in [1.29, 1.82) is 0 Å². The highest BCUT2D eigenvalue weighted by atomic mass is 32.1. The summed E-state index contributed by atoms with van der Waals surface area (Å²) in [5, 5.41) is 3.72. The topological polar surface area (TPSA) is 80.8 Å². The summed E-state index contributed by atoms with van der Waals surface area (Å²) in [5.74, 6) is -0.194. The first-order chi connectivity index (χ1) is 10.5. The van der Waals surface area contributed by atoms with Crippen molar-refractivity contribution >= 4 is 23.2 Å². The lowest BCUT2D eigenvalue weighted by Crippen LogP contribution is -2.51. The van der Waals surface area contributed by atoms with E-state index in [9.17, 15) is 9.59 Å². The second-order valence-electron chi connectivity index (χ2n) is 5.12. The number of nitrogens with one attached hydrogen (secondary N) is 1. The van der Waals surface area contributed by atoms with Crippen molar-refractivity contribution in [2.75, 3.05) is 40.0 Å². The van der Waals surface area contributed by atoms with Crippen molar-refractivity contribution in [2.24, 2.45) is 0 Å². The molecule has 1 aliphatic rings. The number of morpholine rings is 1. The summed E-state index contributed by atoms with van der Waals surface area (Å²) in [6.07, 6.45) is -0.201. The van der Waals surface area contributed by atoms with Crippen LogP contribution in [0.2, 0.25) is 0 Å². The number of methoxy groups -OCH3 is 1. The number of hydrogen-bond acceptors (Lipinski definition) is 6. The molecule has 0 radical (unpaired) electrons. The molecule has 1 atom stereocenters. The molecule has 1 fully saturated rings. The van der Waals surface area contributed by atoms with E-state index in [1.165, 1.54) is 11.3 Å². The Morgan fingerprint density at radius 3 is 2.95 bits per heavy atom. The Morgan fingerprint density at radius 1 is 1.55 bits per heavy atom. The minimum Gasteiger partial charge on any atom is -0.383 e. The van der Waals surface area contributed by atoms with Crippen LogP contribution in [0.5, 0.6) is 0 Å². The van der Waals surface area contributed by atoms with Gasteiger partial charge in [0.05, 0.1) is 23.4 Å². The Hall–Kier alpha value is -1.51. The van der Waals surface area contributed by atoms with Crippen LogP contribution in [0.1, 0.15) is 20.4 Å². The van der Waals surface area contributed by atoms with Gasteiger partial charge >= 0.3 is 0 Å². The minimum absolute atomic E-state index is 0.0446. The molecule has 1 aromatic rings. The molecule has 0 bridgehead atoms. The molecule has 1 saturated heterocycles. The molecule has 1 aromatic heterocycles. The van der Waals surface area contributed by atoms with Crippen LogP contribution in [0.3, 0.4) is 0 Å². The van der Waals surface area contributed by atoms with Crippen molar-refractivity contribution in [2.45, 2.75) is 20.0 Å². The van der Waals surface area contributed by atoms with Gasteiger partial charge in [-0.15, -0.1) is 11.3 Å². The Labute approximate surface area is 133 Å². The maximum Gasteiger partial charge on any atom is 0.263 e. The molecule has 2 amide bonds. The molecular formula is C14H21N3O4S. The minimum atomic E-state index is -0.201. The van der Waals surface area contributed by atoms with Crippen molar-refractivity contribution in [3.8, 4) is 0 Å². The van der Waals surface area contributed by atoms with Crippen molar-refractivity contribution in [1.82, 2.24) is 15.2 Å². The highest BCUT2D eigenvalue weighted by molar-refractivity contribution is 7.13. The third kappa shape index (κ3) is 4.25. The van der Waals surface area contributed by atoms with Gasteiger partial charge in [0, 0.05) is 26.7 Å². The van der Waals surface area contributed by atoms with Gasteiger partial charge in [-0.05, 0) is 13.8 Å². The van der Waals surface area contributed by atoms with Crippen LogP contribution in [0, 0.1) is 13.8 Å². The Bertz CT molecular complexity index is 546. The van der Waals surface area contributed by atoms with Gasteiger partial charge in [-0.2, -0.15) is 0 Å². The SMILES string of the molecule is COCCN1CC(CNC(=O)c2sc(C)nc2C)OCC1=O. The molecule has 0 aliphatic carbocycles. The number of aromatic nitrogens is 1. The summed E-state index contributed by atoms with van der Waals surface area (Å²) >= 11 is 1.38. The fraction of sp³-hybridized carbons (Fsp3) is 0.643. The maximum absolute atomic E-state index is 12.1. The van der Waals surface area contributed by atoms with E-state index < -0.39 is 0 Å². The van der Waals surface area contributed by atoms with Gasteiger partial charge in [0.15, 0.2) is 0 Å². The third-order valence-electron chi connectivity index (χ3n) is 3.38. The lowest BCUT2D eigenvalue weighted by atomic mass is 10.2. The van der Waals surface area contributed by atoms with E-state index in [1.54, 1.807) is 12.0 Å². The maximum atomic E-state index is 12.1. The van der Waals surface area contributed by atoms with Crippen molar-refractivity contribution in [3.05, 3.63) is 15.6 Å². The van der Waals surface area contributed by atoms with Crippen LogP contribution in [0.15, 0.2) is 0 Å². The molecule has 22 heavy (non-hydrogen) atoms. The second-order valence-corrected chi connectivity index (χ2v) is 6.33. The van der Waals surface area contributed by atoms with Crippen LogP contribution in [-0.2, 0) is 14.3 Å². The zero-order valence-corrected chi connectivity index (χ0v) is 13.9. The summed E-state index contributed by atoms with van der Waals surface area (Å²) in [6.45, 7) is 5.59. The first-order valence-electron chi connectivity index (χ1n) is 7.11. The van der Waals surface area contributed by atoms with Crippen LogP contribution >= 0.6 is 11.3 Å². The second kappa shape index (κ2) is 7.66. The number of thiazole rings is 1. The van der Waals surface area contributed by atoms with Crippen LogP contribution in [0.4, 0.5) is 0 Å². The standard InChI is InChI=1S/C14H21N3O4S/c1-9-13(22-10(2)16-9)14(19)15-6-11-7-17(4-5-20-3)12(18)8-21-11/h11H,4-8H2,1-3H3,(H,15,19). The number of carbonyl (C=O) groups is 2. The van der Waals surface area contributed by atoms with E-state index in [0.29, 0.717) is 31.1 Å². The lowest BCUT2D eigenvalue weighted by Gasteiger charge is -2.32. The predicted octanol–water partition coefficient (Wildman–Crippen LogP) is 0.364. The highest BCUT2D eigenvalue weighted by Gasteiger charge is 2.26. The Kier molecular flexibility index (Phi) is 5.87. The summed E-state index contributed by atoms with van der Waals surface area (Å²) in [4.78, 5) is 30.4. The van der Waals surface area contributed by atoms with Gasteiger partial charge in [-0.25, -0.2) is 4.98 Å². The number of ether oxygens (including phenoxy) is 2. The molecular weight excluding hydrogens is 306 g/mol. The number of amides is 2. The normalized spacial score (nSPS) is 18.6. The molecule has 122 valence electrons. The zero-order valence-electron chi connectivity index (χ0n) is 13.0. The molecule has 2 heterocycles. The first kappa shape index (κ1) is 16.9. The van der Waals surface area contributed by atoms with Crippen molar-refractivity contribution < 1.29 is 19.1 Å². The van der Waals surface area contributed by atoms with E-state index in [-0.39, 0.29) is 24.5 Å². The molecule has 0 spiro atoms. The largest absolute Gasteiger partial charge is 0.383 e. The molecule has 0 aromatic carbocycles. The summed E-state index contributed by atoms with van der Waals surface area (Å²) in [7, 11) is 1.60. The van der Waals surface area contributed by atoms with Gasteiger partial charge in [-0.3, -0.25) is 9.59 Å². The van der Waals surface area contributed by atoms with E-state index in [4.69, 9.17) is 9.47 Å². The molecule has 8 heteroatoms. The highest BCUT2D eigenvalue weighted by Crippen LogP contribution is 2.16. The first-order valence-corrected chi connectivity index (χ1v) is 7.93. The number of rotatable bonds is 6. The van der Waals surface area contributed by atoms with Gasteiger partial charge in [-0.1, -0.05) is 0 Å². The summed E-state index contributed by atoms with van der Waals surface area (Å²) < 4.78 is 10.5. The number of aryl methyl sites for hydroxylation is 2. The van der Waals surface area contributed by atoms with Gasteiger partial charge in [0.25, 0.3) is 5.91 Å². The van der Waals surface area contributed by atoms with Crippen LogP contribution in [0.25, 0.3) is 0 Å². The number of carbonyl (C=O) groups excluding carboxylic acids is 2. The van der Waals surface area contributed by atoms with E-state index >= 15 is 0 Å². The molecule has 1 unspecified atom stereocenters. The van der Waals surface area contributed by atoms with Gasteiger partial charge < -0.3 is 19.7 Å². The molecule has 1 aliphatic heterocycles. The average Bonchev–Trinajstić information content (AvgIpc) is 2.83. The molecule has 1 N–H and O–H groups in total. The third-order valence-corrected chi connectivity index (χ3v) is 4.46. The van der Waals surface area contributed by atoms with Crippen molar-refractivity contribution in [3.63, 3.8) is 0 Å². The van der Waals surface area contributed by atoms with Crippen LogP contribution in [-0.4, -0.2) is 67.8 Å². The average molecular weight is 327 g/mol. The number of nitrogens with zero attached hydrogens (tertiary/aromatic N) is 2. The van der Waals surface area contributed by atoms with E-state index in [1.807, 2.05) is 13.8 Å². The smallest absolute Gasteiger partial charge is 0.263 e. The number of hydrogen-bond donors (Lipinski definition) is 1.